The summed E-state index contributed by atoms with van der Waals surface area (Å²) in [5, 5.41) is 1.14. The first kappa shape index (κ1) is 21.3. The summed E-state index contributed by atoms with van der Waals surface area (Å²) in [7, 11) is -3.62. The van der Waals surface area contributed by atoms with Gasteiger partial charge in [0, 0.05) is 5.41 Å². The van der Waals surface area contributed by atoms with Crippen molar-refractivity contribution >= 4 is 10.0 Å². The Morgan fingerprint density at radius 2 is 2.00 bits per heavy atom. The fraction of sp³-hybridized carbons (Fsp3) is 0.619. The molecular formula is C21H30FNO4S. The Balaban J connectivity index is 1.60. The van der Waals surface area contributed by atoms with E-state index in [1.165, 1.54) is 12.1 Å². The number of ether oxygens (including phenoxy) is 2. The highest BCUT2D eigenvalue weighted by Crippen LogP contribution is 2.47. The van der Waals surface area contributed by atoms with Crippen LogP contribution in [0.1, 0.15) is 52.0 Å². The molecule has 0 bridgehead atoms. The fourth-order valence-electron chi connectivity index (χ4n) is 2.88. The molecule has 1 N–H and O–H groups in total. The van der Waals surface area contributed by atoms with Gasteiger partial charge in [0.25, 0.3) is 0 Å². The lowest BCUT2D eigenvalue weighted by molar-refractivity contribution is 0.0910. The Hall–Kier alpha value is -1.44. The Labute approximate surface area is 167 Å². The molecule has 2 aliphatic carbocycles. The molecule has 5 nitrogen and oxygen atoms in total. The predicted molar refractivity (Wildman–Crippen MR) is 107 cm³/mol. The first-order valence-corrected chi connectivity index (χ1v) is 11.3. The van der Waals surface area contributed by atoms with Gasteiger partial charge in [0.2, 0.25) is 10.0 Å². The maximum atomic E-state index is 14.0. The average Bonchev–Trinajstić information content (AvgIpc) is 3.49. The van der Waals surface area contributed by atoms with Crippen LogP contribution in [0.3, 0.4) is 0 Å². The predicted octanol–water partition coefficient (Wildman–Crippen LogP) is 4.10. The van der Waals surface area contributed by atoms with Crippen molar-refractivity contribution < 1.29 is 22.3 Å². The Kier molecular flexibility index (Phi) is 6.17. The van der Waals surface area contributed by atoms with E-state index in [0.717, 1.165) is 23.8 Å². The molecule has 2 aliphatic rings. The van der Waals surface area contributed by atoms with Gasteiger partial charge in [-0.05, 0) is 60.8 Å². The molecule has 2 fully saturated rings. The van der Waals surface area contributed by atoms with Crippen LogP contribution in [0.4, 0.5) is 4.39 Å². The van der Waals surface area contributed by atoms with E-state index in [-0.39, 0.29) is 17.8 Å². The van der Waals surface area contributed by atoms with Gasteiger partial charge < -0.3 is 9.47 Å². The first-order valence-electron chi connectivity index (χ1n) is 9.80. The van der Waals surface area contributed by atoms with Gasteiger partial charge in [0.1, 0.15) is 0 Å². The Morgan fingerprint density at radius 3 is 2.61 bits per heavy atom. The van der Waals surface area contributed by atoms with Gasteiger partial charge in [0.15, 0.2) is 11.6 Å². The largest absolute Gasteiger partial charge is 0.490 e. The molecule has 2 saturated carbocycles. The number of halogens is 1. The van der Waals surface area contributed by atoms with E-state index >= 15 is 0 Å². The SMILES string of the molecule is CC(C)(C)COC/C=C/S(=O)(=O)NC1(c2ccc(F)c(OCC3CC3)c2)CC1. The van der Waals surface area contributed by atoms with Crippen LogP contribution in [0.5, 0.6) is 5.75 Å². The standard InChI is InChI=1S/C21H30FNO4S/c1-20(2,3)15-26-11-4-12-28(24,25)23-21(9-10-21)17-7-8-18(22)19(13-17)27-14-16-5-6-16/h4,7-8,12-13,16,23H,5-6,9-11,14-15H2,1-3H3/b12-4+. The Morgan fingerprint density at radius 1 is 1.29 bits per heavy atom. The molecule has 1 aromatic rings. The molecule has 0 aliphatic heterocycles. The van der Waals surface area contributed by atoms with Crippen molar-refractivity contribution in [1.82, 2.24) is 4.72 Å². The summed E-state index contributed by atoms with van der Waals surface area (Å²) in [5.74, 6) is 0.294. The van der Waals surface area contributed by atoms with Crippen molar-refractivity contribution in [3.05, 3.63) is 41.1 Å². The molecule has 28 heavy (non-hydrogen) atoms. The Bertz CT molecular complexity index is 821. The zero-order valence-corrected chi connectivity index (χ0v) is 17.6. The van der Waals surface area contributed by atoms with Gasteiger partial charge in [-0.15, -0.1) is 0 Å². The molecule has 7 heteroatoms. The van der Waals surface area contributed by atoms with Gasteiger partial charge >= 0.3 is 0 Å². The monoisotopic (exact) mass is 411 g/mol. The zero-order chi connectivity index (χ0) is 20.4. The second-order valence-corrected chi connectivity index (χ2v) is 10.6. The van der Waals surface area contributed by atoms with Crippen LogP contribution in [0.2, 0.25) is 0 Å². The quantitative estimate of drug-likeness (QED) is 0.589. The third kappa shape index (κ3) is 6.29. The highest BCUT2D eigenvalue weighted by molar-refractivity contribution is 7.92. The van der Waals surface area contributed by atoms with Crippen molar-refractivity contribution in [2.45, 2.75) is 52.0 Å². The number of sulfonamides is 1. The number of nitrogens with one attached hydrogen (secondary N) is 1. The van der Waals surface area contributed by atoms with Gasteiger partial charge in [-0.2, -0.15) is 0 Å². The topological polar surface area (TPSA) is 64.6 Å². The maximum absolute atomic E-state index is 14.0. The molecule has 156 valence electrons. The normalized spacial score (nSPS) is 19.1. The van der Waals surface area contributed by atoms with E-state index < -0.39 is 21.4 Å². The summed E-state index contributed by atoms with van der Waals surface area (Å²) in [6.07, 6.45) is 5.09. The van der Waals surface area contributed by atoms with Gasteiger partial charge in [0.05, 0.1) is 25.4 Å². The van der Waals surface area contributed by atoms with Crippen LogP contribution in [-0.2, 0) is 20.3 Å². The molecule has 0 atom stereocenters. The van der Waals surface area contributed by atoms with E-state index in [4.69, 9.17) is 9.47 Å². The molecular weight excluding hydrogens is 381 g/mol. The summed E-state index contributed by atoms with van der Waals surface area (Å²) in [5.41, 5.74) is 0.0896. The number of rotatable bonds is 10. The van der Waals surface area contributed by atoms with Gasteiger partial charge in [-0.1, -0.05) is 26.8 Å². The van der Waals surface area contributed by atoms with Gasteiger partial charge in [-0.3, -0.25) is 0 Å². The maximum Gasteiger partial charge on any atom is 0.234 e. The lowest BCUT2D eigenvalue weighted by atomic mass is 9.99. The van der Waals surface area contributed by atoms with E-state index in [9.17, 15) is 12.8 Å². The van der Waals surface area contributed by atoms with Crippen molar-refractivity contribution in [2.75, 3.05) is 19.8 Å². The van der Waals surface area contributed by atoms with Crippen LogP contribution in [0, 0.1) is 17.2 Å². The minimum atomic E-state index is -3.62. The summed E-state index contributed by atoms with van der Waals surface area (Å²) in [6.45, 7) is 7.46. The summed E-state index contributed by atoms with van der Waals surface area (Å²) in [6, 6.07) is 4.61. The third-order valence-electron chi connectivity index (χ3n) is 4.77. The highest BCUT2D eigenvalue weighted by Gasteiger charge is 2.47. The minimum absolute atomic E-state index is 0.0326. The van der Waals surface area contributed by atoms with Crippen molar-refractivity contribution in [1.29, 1.82) is 0 Å². The van der Waals surface area contributed by atoms with Crippen molar-refractivity contribution in [3.63, 3.8) is 0 Å². The van der Waals surface area contributed by atoms with Crippen LogP contribution in [-0.4, -0.2) is 28.2 Å². The number of hydrogen-bond acceptors (Lipinski definition) is 4. The smallest absolute Gasteiger partial charge is 0.234 e. The number of benzene rings is 1. The summed E-state index contributed by atoms with van der Waals surface area (Å²) < 4.78 is 52.7. The molecule has 0 radical (unpaired) electrons. The molecule has 3 rings (SSSR count). The van der Waals surface area contributed by atoms with E-state index in [1.54, 1.807) is 12.1 Å². The molecule has 0 unspecified atom stereocenters. The fourth-order valence-corrected chi connectivity index (χ4v) is 4.15. The first-order chi connectivity index (χ1) is 13.1. The van der Waals surface area contributed by atoms with E-state index in [0.29, 0.717) is 32.0 Å². The summed E-state index contributed by atoms with van der Waals surface area (Å²) >= 11 is 0. The minimum Gasteiger partial charge on any atom is -0.490 e. The van der Waals surface area contributed by atoms with Crippen molar-refractivity contribution in [2.24, 2.45) is 11.3 Å². The zero-order valence-electron chi connectivity index (χ0n) is 16.8. The molecule has 0 aromatic heterocycles. The third-order valence-corrected chi connectivity index (χ3v) is 5.99. The summed E-state index contributed by atoms with van der Waals surface area (Å²) in [4.78, 5) is 0. The van der Waals surface area contributed by atoms with Crippen LogP contribution < -0.4 is 9.46 Å². The second kappa shape index (κ2) is 8.13. The molecule has 0 amide bonds. The highest BCUT2D eigenvalue weighted by atomic mass is 32.2. The molecule has 1 aromatic carbocycles. The number of hydrogen-bond donors (Lipinski definition) is 1. The van der Waals surface area contributed by atoms with Gasteiger partial charge in [-0.25, -0.2) is 17.5 Å². The lowest BCUT2D eigenvalue weighted by Crippen LogP contribution is -2.33. The molecule has 0 spiro atoms. The van der Waals surface area contributed by atoms with E-state index in [1.807, 2.05) is 0 Å². The van der Waals surface area contributed by atoms with E-state index in [2.05, 4.69) is 25.5 Å². The lowest BCUT2D eigenvalue weighted by Gasteiger charge is -2.18. The molecule has 0 saturated heterocycles. The van der Waals surface area contributed by atoms with Crippen LogP contribution in [0.15, 0.2) is 29.7 Å². The second-order valence-electron chi connectivity index (χ2n) is 9.08. The molecule has 0 heterocycles. The van der Waals surface area contributed by atoms with Crippen LogP contribution in [0.25, 0.3) is 0 Å². The van der Waals surface area contributed by atoms with Crippen LogP contribution >= 0.6 is 0 Å². The van der Waals surface area contributed by atoms with Crippen molar-refractivity contribution in [3.8, 4) is 5.75 Å². The average molecular weight is 412 g/mol.